The monoisotopic (exact) mass is 142 g/mol. The summed E-state index contributed by atoms with van der Waals surface area (Å²) in [5.41, 5.74) is 0. The lowest BCUT2D eigenvalue weighted by Crippen LogP contribution is -1.90. The molecule has 0 spiro atoms. The zero-order valence-electron chi connectivity index (χ0n) is 5.02. The molecule has 0 aliphatic rings. The van der Waals surface area contributed by atoms with Crippen molar-refractivity contribution in [2.24, 2.45) is 0 Å². The molecule has 2 N–H and O–H groups in total. The number of aliphatic hydroxyl groups excluding tert-OH is 1. The molecule has 0 rings (SSSR count). The zero-order valence-corrected chi connectivity index (χ0v) is 5.02. The number of aliphatic carboxylic acids is 1. The van der Waals surface area contributed by atoms with Gasteiger partial charge in [-0.15, -0.1) is 0 Å². The predicted octanol–water partition coefficient (Wildman–Crippen LogP) is 0.268. The normalized spacial score (nSPS) is 10.8. The van der Waals surface area contributed by atoms with Gasteiger partial charge in [0.25, 0.3) is 0 Å². The highest BCUT2D eigenvalue weighted by Gasteiger charge is 1.89. The fourth-order valence-corrected chi connectivity index (χ4v) is 0.282. The summed E-state index contributed by atoms with van der Waals surface area (Å²) in [5, 5.41) is 16.0. The summed E-state index contributed by atoms with van der Waals surface area (Å²) in [5.74, 6) is -1.76. The van der Waals surface area contributed by atoms with Crippen LogP contribution in [0.15, 0.2) is 24.5 Å². The van der Waals surface area contributed by atoms with Crippen molar-refractivity contribution in [2.45, 2.75) is 0 Å². The van der Waals surface area contributed by atoms with Crippen LogP contribution in [-0.2, 0) is 9.59 Å². The molecule has 4 nitrogen and oxygen atoms in total. The second-order valence-electron chi connectivity index (χ2n) is 1.39. The van der Waals surface area contributed by atoms with Gasteiger partial charge in [-0.1, -0.05) is 0 Å². The highest BCUT2D eigenvalue weighted by Crippen LogP contribution is 1.78. The van der Waals surface area contributed by atoms with Crippen molar-refractivity contribution < 1.29 is 19.8 Å². The van der Waals surface area contributed by atoms with Crippen LogP contribution in [0.4, 0.5) is 0 Å². The number of carbonyl (C=O) groups is 2. The van der Waals surface area contributed by atoms with E-state index in [4.69, 9.17) is 10.2 Å². The number of hydrogen-bond acceptors (Lipinski definition) is 3. The van der Waals surface area contributed by atoms with Crippen molar-refractivity contribution in [2.75, 3.05) is 0 Å². The zero-order chi connectivity index (χ0) is 7.98. The summed E-state index contributed by atoms with van der Waals surface area (Å²) < 4.78 is 0. The maximum atomic E-state index is 10.4. The minimum atomic E-state index is -1.19. The van der Waals surface area contributed by atoms with Crippen LogP contribution in [0.5, 0.6) is 0 Å². The summed E-state index contributed by atoms with van der Waals surface area (Å²) in [6, 6.07) is 0. The van der Waals surface area contributed by atoms with Crippen LogP contribution in [-0.4, -0.2) is 22.0 Å². The number of carboxylic acids is 1. The molecular weight excluding hydrogens is 136 g/mol. The number of rotatable bonds is 3. The van der Waals surface area contributed by atoms with E-state index in [1.54, 1.807) is 0 Å². The summed E-state index contributed by atoms with van der Waals surface area (Å²) >= 11 is 0. The Morgan fingerprint density at radius 3 is 2.10 bits per heavy atom. The van der Waals surface area contributed by atoms with Gasteiger partial charge in [0.15, 0.2) is 5.78 Å². The third-order valence-corrected chi connectivity index (χ3v) is 0.629. The van der Waals surface area contributed by atoms with Crippen LogP contribution in [0.1, 0.15) is 0 Å². The van der Waals surface area contributed by atoms with E-state index in [2.05, 4.69) is 0 Å². The van der Waals surface area contributed by atoms with Crippen molar-refractivity contribution in [3.8, 4) is 0 Å². The van der Waals surface area contributed by atoms with Gasteiger partial charge in [-0.25, -0.2) is 4.79 Å². The summed E-state index contributed by atoms with van der Waals surface area (Å²) in [6.45, 7) is 0. The van der Waals surface area contributed by atoms with Gasteiger partial charge < -0.3 is 10.2 Å². The van der Waals surface area contributed by atoms with E-state index in [-0.39, 0.29) is 0 Å². The quantitative estimate of drug-likeness (QED) is 0.438. The molecule has 10 heavy (non-hydrogen) atoms. The molecule has 0 saturated carbocycles. The maximum Gasteiger partial charge on any atom is 0.328 e. The van der Waals surface area contributed by atoms with Gasteiger partial charge in [-0.05, 0) is 6.08 Å². The van der Waals surface area contributed by atoms with Gasteiger partial charge >= 0.3 is 5.97 Å². The molecule has 0 aromatic heterocycles. The average molecular weight is 142 g/mol. The Bertz CT molecular complexity index is 190. The first-order valence-corrected chi connectivity index (χ1v) is 2.42. The van der Waals surface area contributed by atoms with Crippen molar-refractivity contribution in [3.05, 3.63) is 24.5 Å². The summed E-state index contributed by atoms with van der Waals surface area (Å²) in [4.78, 5) is 20.1. The van der Waals surface area contributed by atoms with Crippen LogP contribution in [0.3, 0.4) is 0 Å². The fourth-order valence-electron chi connectivity index (χ4n) is 0.282. The molecular formula is C6H6O4. The molecule has 0 amide bonds. The van der Waals surface area contributed by atoms with Crippen LogP contribution in [0, 0.1) is 0 Å². The molecule has 4 heteroatoms. The van der Waals surface area contributed by atoms with E-state index in [0.717, 1.165) is 12.2 Å². The number of ketones is 1. The second-order valence-corrected chi connectivity index (χ2v) is 1.39. The van der Waals surface area contributed by atoms with E-state index >= 15 is 0 Å². The van der Waals surface area contributed by atoms with Crippen molar-refractivity contribution in [1.82, 2.24) is 0 Å². The minimum Gasteiger partial charge on any atom is -0.515 e. The Kier molecular flexibility index (Phi) is 3.63. The average Bonchev–Trinajstić information content (AvgIpc) is 1.85. The van der Waals surface area contributed by atoms with Crippen LogP contribution < -0.4 is 0 Å². The first-order valence-electron chi connectivity index (χ1n) is 2.42. The molecule has 0 aliphatic heterocycles. The molecule has 0 bridgehead atoms. The van der Waals surface area contributed by atoms with E-state index in [0.29, 0.717) is 12.3 Å². The lowest BCUT2D eigenvalue weighted by atomic mass is 10.3. The maximum absolute atomic E-state index is 10.4. The molecule has 0 aliphatic carbocycles. The highest BCUT2D eigenvalue weighted by molar-refractivity contribution is 6.02. The Morgan fingerprint density at radius 2 is 1.70 bits per heavy atom. The van der Waals surface area contributed by atoms with Crippen molar-refractivity contribution >= 4 is 11.8 Å². The Morgan fingerprint density at radius 1 is 1.10 bits per heavy atom. The van der Waals surface area contributed by atoms with E-state index in [1.807, 2.05) is 0 Å². The molecule has 0 heterocycles. The van der Waals surface area contributed by atoms with Crippen LogP contribution >= 0.6 is 0 Å². The number of allylic oxidation sites excluding steroid dienone is 2. The topological polar surface area (TPSA) is 74.6 Å². The fraction of sp³-hybridized carbons (Fsp3) is 0. The van der Waals surface area contributed by atoms with Gasteiger partial charge in [0.1, 0.15) is 0 Å². The molecule has 54 valence electrons. The summed E-state index contributed by atoms with van der Waals surface area (Å²) in [7, 11) is 0. The smallest absolute Gasteiger partial charge is 0.328 e. The first kappa shape index (κ1) is 8.42. The van der Waals surface area contributed by atoms with Gasteiger partial charge in [-0.3, -0.25) is 4.79 Å². The third-order valence-electron chi connectivity index (χ3n) is 0.629. The Labute approximate surface area is 57.1 Å². The standard InChI is InChI=1S/C6H6O4/c7-4-3-5(8)1-2-6(9)10/h1-4,7H,(H,9,10)/b2-1+,4-3-. The van der Waals surface area contributed by atoms with E-state index < -0.39 is 11.8 Å². The van der Waals surface area contributed by atoms with Gasteiger partial charge in [0.05, 0.1) is 6.26 Å². The second kappa shape index (κ2) is 4.31. The van der Waals surface area contributed by atoms with E-state index in [9.17, 15) is 9.59 Å². The predicted molar refractivity (Wildman–Crippen MR) is 33.6 cm³/mol. The summed E-state index contributed by atoms with van der Waals surface area (Å²) in [6.07, 6.45) is 2.94. The lowest BCUT2D eigenvalue weighted by Gasteiger charge is -1.78. The van der Waals surface area contributed by atoms with E-state index in [1.165, 1.54) is 0 Å². The number of carboxylic acid groups (broad SMARTS) is 1. The lowest BCUT2D eigenvalue weighted by molar-refractivity contribution is -0.131. The SMILES string of the molecule is O=C(O)/C=C/C(=O)/C=C\O. The van der Waals surface area contributed by atoms with Gasteiger partial charge in [0.2, 0.25) is 0 Å². The van der Waals surface area contributed by atoms with Crippen LogP contribution in [0.25, 0.3) is 0 Å². The molecule has 0 fully saturated rings. The largest absolute Gasteiger partial charge is 0.515 e. The Balaban J connectivity index is 3.90. The highest BCUT2D eigenvalue weighted by atomic mass is 16.4. The first-order chi connectivity index (χ1) is 4.66. The molecule has 0 saturated heterocycles. The molecule has 0 atom stereocenters. The number of carbonyl (C=O) groups excluding carboxylic acids is 1. The van der Waals surface area contributed by atoms with Crippen LogP contribution in [0.2, 0.25) is 0 Å². The minimum absolute atomic E-state index is 0.550. The van der Waals surface area contributed by atoms with Gasteiger partial charge in [0, 0.05) is 12.2 Å². The Hall–Kier alpha value is -1.58. The van der Waals surface area contributed by atoms with Crippen molar-refractivity contribution in [1.29, 1.82) is 0 Å². The molecule has 0 aromatic rings. The molecule has 0 radical (unpaired) electrons. The molecule has 0 unspecified atom stereocenters. The van der Waals surface area contributed by atoms with Gasteiger partial charge in [-0.2, -0.15) is 0 Å². The number of aliphatic hydroxyl groups is 1. The third kappa shape index (κ3) is 4.58. The number of hydrogen-bond donors (Lipinski definition) is 2. The van der Waals surface area contributed by atoms with Crippen molar-refractivity contribution in [3.63, 3.8) is 0 Å². The molecule has 0 aromatic carbocycles.